The van der Waals surface area contributed by atoms with Gasteiger partial charge in [0, 0.05) is 24.4 Å². The molecule has 2 heterocycles. The standard InChI is InChI=1S/C16H15N5O4S2/c1-8-14(27-16(17-8)18-9(2)22)12-7-26-15(20-12)19-11-6-10(21(23)24)4-5-13(11)25-3/h4-7H,1-3H3,(H2-,17,18,19,20,22,23,24)/p+1. The van der Waals surface area contributed by atoms with E-state index in [1.807, 2.05) is 12.3 Å². The van der Waals surface area contributed by atoms with Gasteiger partial charge in [0.15, 0.2) is 10.3 Å². The molecule has 3 N–H and O–H groups in total. The molecule has 0 aliphatic carbocycles. The molecule has 0 aliphatic rings. The fraction of sp³-hybridized carbons (Fsp3) is 0.188. The summed E-state index contributed by atoms with van der Waals surface area (Å²) in [7, 11) is 1.51. The van der Waals surface area contributed by atoms with Gasteiger partial charge in [-0.3, -0.25) is 4.79 Å². The largest absolute Gasteiger partial charge is 0.495 e. The molecular formula is C16H16N5O4S2+. The second kappa shape index (κ2) is 7.68. The van der Waals surface area contributed by atoms with E-state index in [2.05, 4.69) is 20.6 Å². The molecule has 0 aliphatic heterocycles. The highest BCUT2D eigenvalue weighted by atomic mass is 32.1. The minimum atomic E-state index is -0.220. The van der Waals surface area contributed by atoms with Crippen LogP contribution >= 0.6 is 22.7 Å². The Bertz CT molecular complexity index is 1010. The van der Waals surface area contributed by atoms with Gasteiger partial charge in [0.25, 0.3) is 4.92 Å². The molecule has 1 amide bonds. The van der Waals surface area contributed by atoms with E-state index < -0.39 is 0 Å². The Morgan fingerprint density at radius 3 is 2.74 bits per heavy atom. The zero-order chi connectivity index (χ0) is 19.6. The van der Waals surface area contributed by atoms with E-state index in [1.165, 1.54) is 48.8 Å². The van der Waals surface area contributed by atoms with Gasteiger partial charge in [-0.15, -0.1) is 11.3 Å². The number of ether oxygens (including phenoxy) is 1. The first kappa shape index (κ1) is 18.7. The maximum atomic E-state index is 11.2. The first-order chi connectivity index (χ1) is 12.9. The van der Waals surface area contributed by atoms with Crippen molar-refractivity contribution in [2.75, 3.05) is 17.7 Å². The monoisotopic (exact) mass is 406 g/mol. The van der Waals surface area contributed by atoms with Crippen LogP contribution in [-0.2, 0) is 4.79 Å². The Morgan fingerprint density at radius 1 is 1.30 bits per heavy atom. The Morgan fingerprint density at radius 2 is 2.07 bits per heavy atom. The van der Waals surface area contributed by atoms with Gasteiger partial charge >= 0.3 is 5.69 Å². The van der Waals surface area contributed by atoms with Crippen LogP contribution in [0.15, 0.2) is 23.6 Å². The summed E-state index contributed by atoms with van der Waals surface area (Å²) < 4.78 is 5.27. The van der Waals surface area contributed by atoms with Crippen molar-refractivity contribution < 1.29 is 19.7 Å². The fourth-order valence-corrected chi connectivity index (χ4v) is 4.06. The van der Waals surface area contributed by atoms with Crippen LogP contribution in [0.5, 0.6) is 5.75 Å². The number of aromatic nitrogens is 2. The minimum absolute atomic E-state index is 0.0633. The van der Waals surface area contributed by atoms with Crippen LogP contribution in [-0.4, -0.2) is 33.1 Å². The Labute approximate surface area is 162 Å². The van der Waals surface area contributed by atoms with Crippen LogP contribution in [0.3, 0.4) is 0 Å². The van der Waals surface area contributed by atoms with Crippen molar-refractivity contribution in [3.8, 4) is 16.3 Å². The van der Waals surface area contributed by atoms with Gasteiger partial charge in [0.2, 0.25) is 5.91 Å². The average molecular weight is 406 g/mol. The van der Waals surface area contributed by atoms with Crippen LogP contribution in [0.4, 0.5) is 21.6 Å². The van der Waals surface area contributed by atoms with E-state index in [0.717, 1.165) is 16.3 Å². The lowest BCUT2D eigenvalue weighted by Gasteiger charge is -2.07. The third kappa shape index (κ3) is 4.20. The van der Waals surface area contributed by atoms with Crippen molar-refractivity contribution in [2.45, 2.75) is 13.8 Å². The normalized spacial score (nSPS) is 10.5. The lowest BCUT2D eigenvalue weighted by molar-refractivity contribution is -0.729. The Balaban J connectivity index is 1.87. The molecule has 27 heavy (non-hydrogen) atoms. The molecule has 0 saturated heterocycles. The number of carbonyl (C=O) groups excluding carboxylic acids is 1. The van der Waals surface area contributed by atoms with Crippen molar-refractivity contribution in [1.29, 1.82) is 0 Å². The van der Waals surface area contributed by atoms with Gasteiger partial charge in [-0.2, -0.15) is 0 Å². The zero-order valence-electron chi connectivity index (χ0n) is 14.6. The van der Waals surface area contributed by atoms with Crippen molar-refractivity contribution in [3.63, 3.8) is 0 Å². The van der Waals surface area contributed by atoms with E-state index in [-0.39, 0.29) is 16.5 Å². The minimum Gasteiger partial charge on any atom is -0.495 e. The lowest BCUT2D eigenvalue weighted by Crippen LogP contribution is -2.04. The van der Waals surface area contributed by atoms with Gasteiger partial charge in [0.05, 0.1) is 34.0 Å². The number of hydrogen-bond donors (Lipinski definition) is 3. The number of methoxy groups -OCH3 is 1. The molecule has 140 valence electrons. The third-order valence-electron chi connectivity index (χ3n) is 3.46. The number of benzene rings is 1. The highest BCUT2D eigenvalue weighted by molar-refractivity contribution is 7.20. The molecule has 0 atom stereocenters. The maximum Gasteiger partial charge on any atom is 0.318 e. The molecule has 11 heteroatoms. The molecule has 0 bridgehead atoms. The summed E-state index contributed by atoms with van der Waals surface area (Å²) in [6.07, 6.45) is 0. The number of anilines is 3. The predicted molar refractivity (Wildman–Crippen MR) is 104 cm³/mol. The molecule has 0 radical (unpaired) electrons. The quantitative estimate of drug-likeness (QED) is 0.528. The van der Waals surface area contributed by atoms with Crippen LogP contribution in [0, 0.1) is 11.8 Å². The second-order valence-corrected chi connectivity index (χ2v) is 7.29. The van der Waals surface area contributed by atoms with Crippen molar-refractivity contribution in [2.24, 2.45) is 0 Å². The van der Waals surface area contributed by atoms with Gasteiger partial charge < -0.3 is 15.4 Å². The number of nitrogens with zero attached hydrogens (tertiary/aromatic N) is 3. The molecule has 3 aromatic rings. The van der Waals surface area contributed by atoms with E-state index >= 15 is 0 Å². The maximum absolute atomic E-state index is 11.2. The average Bonchev–Trinajstić information content (AvgIpc) is 3.20. The number of amides is 1. The highest BCUT2D eigenvalue weighted by Crippen LogP contribution is 2.37. The molecular weight excluding hydrogens is 390 g/mol. The third-order valence-corrected chi connectivity index (χ3v) is 5.32. The first-order valence-corrected chi connectivity index (χ1v) is 9.39. The molecule has 0 spiro atoms. The molecule has 3 rings (SSSR count). The number of nitrogens with one attached hydrogen (secondary N) is 2. The van der Waals surface area contributed by atoms with Crippen molar-refractivity contribution in [1.82, 2.24) is 9.97 Å². The number of thiazole rings is 2. The summed E-state index contributed by atoms with van der Waals surface area (Å²) in [5, 5.41) is 17.8. The van der Waals surface area contributed by atoms with Crippen molar-refractivity contribution in [3.05, 3.63) is 34.2 Å². The van der Waals surface area contributed by atoms with E-state index in [0.29, 0.717) is 21.7 Å². The van der Waals surface area contributed by atoms with Crippen LogP contribution in [0.1, 0.15) is 12.6 Å². The summed E-state index contributed by atoms with van der Waals surface area (Å²) in [5.74, 6) is 0.318. The van der Waals surface area contributed by atoms with Crippen LogP contribution < -0.4 is 15.4 Å². The molecule has 0 saturated carbocycles. The van der Waals surface area contributed by atoms with E-state index in [9.17, 15) is 9.70 Å². The fourth-order valence-electron chi connectivity index (χ4n) is 2.30. The van der Waals surface area contributed by atoms with Crippen LogP contribution in [0.2, 0.25) is 0 Å². The topological polar surface area (TPSA) is 116 Å². The molecule has 0 unspecified atom stereocenters. The summed E-state index contributed by atoms with van der Waals surface area (Å²) in [6.45, 7) is 3.28. The summed E-state index contributed by atoms with van der Waals surface area (Å²) >= 11 is 2.71. The first-order valence-electron chi connectivity index (χ1n) is 7.69. The van der Waals surface area contributed by atoms with Gasteiger partial charge in [-0.25, -0.2) is 15.2 Å². The lowest BCUT2D eigenvalue weighted by atomic mass is 10.2. The van der Waals surface area contributed by atoms with Gasteiger partial charge in [-0.1, -0.05) is 11.3 Å². The van der Waals surface area contributed by atoms with Gasteiger partial charge in [-0.05, 0) is 13.0 Å². The molecule has 2 aromatic heterocycles. The second-order valence-electron chi connectivity index (χ2n) is 5.44. The predicted octanol–water partition coefficient (Wildman–Crippen LogP) is 4.09. The smallest absolute Gasteiger partial charge is 0.318 e. The van der Waals surface area contributed by atoms with Crippen molar-refractivity contribution >= 4 is 50.2 Å². The number of aryl methyl sites for hydroxylation is 1. The molecule has 0 fully saturated rings. The van der Waals surface area contributed by atoms with Crippen LogP contribution in [0.25, 0.3) is 10.6 Å². The Kier molecular flexibility index (Phi) is 5.33. The number of hydrogen-bond acceptors (Lipinski definition) is 8. The number of carbonyl (C=O) groups is 1. The zero-order valence-corrected chi connectivity index (χ0v) is 16.3. The molecule has 1 aromatic carbocycles. The molecule has 9 nitrogen and oxygen atoms in total. The Hall–Kier alpha value is -3.05. The SMILES string of the molecule is COc1ccc([N+](=O)O)cc1Nc1nc(-c2sc(NC(C)=O)nc2C)cs1. The highest BCUT2D eigenvalue weighted by Gasteiger charge is 2.18. The van der Waals surface area contributed by atoms with E-state index in [1.54, 1.807) is 6.07 Å². The van der Waals surface area contributed by atoms with Gasteiger partial charge in [0.1, 0.15) is 5.75 Å². The summed E-state index contributed by atoms with van der Waals surface area (Å²) in [4.78, 5) is 31.8. The van der Waals surface area contributed by atoms with E-state index in [4.69, 9.17) is 9.94 Å². The summed E-state index contributed by atoms with van der Waals surface area (Å²) in [5.41, 5.74) is 2.04. The number of rotatable bonds is 6. The summed E-state index contributed by atoms with van der Waals surface area (Å²) in [6, 6.07) is 4.47.